The van der Waals surface area contributed by atoms with Crippen molar-refractivity contribution in [3.63, 3.8) is 0 Å². The molecule has 0 saturated carbocycles. The quantitative estimate of drug-likeness (QED) is 0.747. The average Bonchev–Trinajstić information content (AvgIpc) is 2.95. The largest absolute Gasteiger partial charge is 0.466 e. The smallest absolute Gasteiger partial charge is 0.266 e. The van der Waals surface area contributed by atoms with Crippen molar-refractivity contribution in [3.8, 4) is 11.3 Å². The molecular formula is C19H18ClN3O3. The Morgan fingerprint density at radius 1 is 1.19 bits per heavy atom. The summed E-state index contributed by atoms with van der Waals surface area (Å²) in [6, 6.07) is 12.0. The summed E-state index contributed by atoms with van der Waals surface area (Å²) in [6.07, 6.45) is 0. The van der Waals surface area contributed by atoms with Crippen LogP contribution in [-0.2, 0) is 6.54 Å². The number of hydrogen-bond acceptors (Lipinski definition) is 4. The lowest BCUT2D eigenvalue weighted by Crippen LogP contribution is -2.32. The molecule has 2 aromatic heterocycles. The number of benzene rings is 1. The van der Waals surface area contributed by atoms with Crippen molar-refractivity contribution < 1.29 is 9.21 Å². The van der Waals surface area contributed by atoms with Crippen LogP contribution >= 0.6 is 11.6 Å². The zero-order chi connectivity index (χ0) is 18.7. The third kappa shape index (κ3) is 4.03. The van der Waals surface area contributed by atoms with E-state index in [4.69, 9.17) is 16.0 Å². The van der Waals surface area contributed by atoms with Crippen LogP contribution in [0.5, 0.6) is 0 Å². The number of aryl methyl sites for hydroxylation is 2. The molecule has 0 fully saturated rings. The van der Waals surface area contributed by atoms with Crippen molar-refractivity contribution in [2.75, 3.05) is 6.54 Å². The van der Waals surface area contributed by atoms with Gasteiger partial charge in [0, 0.05) is 23.2 Å². The van der Waals surface area contributed by atoms with E-state index in [9.17, 15) is 9.59 Å². The summed E-state index contributed by atoms with van der Waals surface area (Å²) in [7, 11) is 0. The van der Waals surface area contributed by atoms with E-state index in [2.05, 4.69) is 10.4 Å². The first-order chi connectivity index (χ1) is 12.4. The number of amides is 1. The van der Waals surface area contributed by atoms with Gasteiger partial charge in [-0.3, -0.25) is 9.59 Å². The monoisotopic (exact) mass is 371 g/mol. The molecule has 26 heavy (non-hydrogen) atoms. The molecule has 1 N–H and O–H groups in total. The average molecular weight is 372 g/mol. The molecule has 7 heteroatoms. The predicted molar refractivity (Wildman–Crippen MR) is 99.5 cm³/mol. The van der Waals surface area contributed by atoms with Gasteiger partial charge in [0.1, 0.15) is 11.5 Å². The van der Waals surface area contributed by atoms with E-state index in [1.807, 2.05) is 12.1 Å². The fraction of sp³-hybridized carbons (Fsp3) is 0.211. The third-order valence-electron chi connectivity index (χ3n) is 3.90. The summed E-state index contributed by atoms with van der Waals surface area (Å²) >= 11 is 5.89. The number of carbonyl (C=O) groups excluding carboxylic acids is 1. The third-order valence-corrected chi connectivity index (χ3v) is 4.15. The molecule has 3 rings (SSSR count). The lowest BCUT2D eigenvalue weighted by molar-refractivity contribution is 0.0950. The highest BCUT2D eigenvalue weighted by molar-refractivity contribution is 6.30. The van der Waals surface area contributed by atoms with Gasteiger partial charge < -0.3 is 9.73 Å². The Morgan fingerprint density at radius 3 is 2.58 bits per heavy atom. The molecule has 0 aliphatic carbocycles. The van der Waals surface area contributed by atoms with Crippen LogP contribution in [0.15, 0.2) is 51.7 Å². The SMILES string of the molecule is Cc1cc(C(=O)NCCn2nc(-c3ccc(Cl)cc3)ccc2=O)c(C)o1. The molecule has 0 spiro atoms. The van der Waals surface area contributed by atoms with Crippen molar-refractivity contribution in [2.24, 2.45) is 0 Å². The van der Waals surface area contributed by atoms with Crippen LogP contribution in [0.1, 0.15) is 21.9 Å². The second kappa shape index (κ2) is 7.58. The highest BCUT2D eigenvalue weighted by Gasteiger charge is 2.13. The minimum Gasteiger partial charge on any atom is -0.466 e. The number of aromatic nitrogens is 2. The molecule has 2 heterocycles. The van der Waals surface area contributed by atoms with Crippen molar-refractivity contribution >= 4 is 17.5 Å². The number of nitrogens with one attached hydrogen (secondary N) is 1. The molecule has 3 aromatic rings. The Kier molecular flexibility index (Phi) is 5.23. The molecular weight excluding hydrogens is 354 g/mol. The van der Waals surface area contributed by atoms with Crippen LogP contribution < -0.4 is 10.9 Å². The molecule has 0 aliphatic heterocycles. The Balaban J connectivity index is 1.69. The second-order valence-corrected chi connectivity index (χ2v) is 6.31. The van der Waals surface area contributed by atoms with Crippen molar-refractivity contribution in [1.29, 1.82) is 0 Å². The summed E-state index contributed by atoms with van der Waals surface area (Å²) in [6.45, 7) is 4.07. The Labute approximate surface area is 155 Å². The van der Waals surface area contributed by atoms with Crippen LogP contribution in [0.3, 0.4) is 0 Å². The maximum absolute atomic E-state index is 12.2. The fourth-order valence-electron chi connectivity index (χ4n) is 2.61. The first-order valence-corrected chi connectivity index (χ1v) is 8.51. The summed E-state index contributed by atoms with van der Waals surface area (Å²) in [5, 5.41) is 7.77. The van der Waals surface area contributed by atoms with E-state index in [1.165, 1.54) is 10.7 Å². The maximum Gasteiger partial charge on any atom is 0.266 e. The first kappa shape index (κ1) is 17.9. The van der Waals surface area contributed by atoms with Crippen LogP contribution in [0, 0.1) is 13.8 Å². The molecule has 1 amide bonds. The van der Waals surface area contributed by atoms with Gasteiger partial charge in [-0.05, 0) is 38.1 Å². The van der Waals surface area contributed by atoms with Crippen molar-refractivity contribution in [3.05, 3.63) is 74.9 Å². The number of furan rings is 1. The van der Waals surface area contributed by atoms with E-state index in [0.29, 0.717) is 27.8 Å². The minimum absolute atomic E-state index is 0.229. The Morgan fingerprint density at radius 2 is 1.92 bits per heavy atom. The lowest BCUT2D eigenvalue weighted by atomic mass is 10.1. The zero-order valence-corrected chi connectivity index (χ0v) is 15.2. The van der Waals surface area contributed by atoms with Crippen LogP contribution in [0.25, 0.3) is 11.3 Å². The highest BCUT2D eigenvalue weighted by Crippen LogP contribution is 2.18. The van der Waals surface area contributed by atoms with Crippen molar-refractivity contribution in [1.82, 2.24) is 15.1 Å². The van der Waals surface area contributed by atoms with Gasteiger partial charge in [0.15, 0.2) is 0 Å². The minimum atomic E-state index is -0.235. The van der Waals surface area contributed by atoms with Gasteiger partial charge in [0.25, 0.3) is 11.5 Å². The van der Waals surface area contributed by atoms with Gasteiger partial charge in [0.05, 0.1) is 17.8 Å². The Hall–Kier alpha value is -2.86. The highest BCUT2D eigenvalue weighted by atomic mass is 35.5. The number of carbonyl (C=O) groups is 1. The summed E-state index contributed by atoms with van der Waals surface area (Å²) in [5.41, 5.74) is 1.79. The summed E-state index contributed by atoms with van der Waals surface area (Å²) in [5.74, 6) is 1.02. The molecule has 0 unspecified atom stereocenters. The standard InChI is InChI=1S/C19H18ClN3O3/c1-12-11-16(13(2)26-12)19(25)21-9-10-23-18(24)8-7-17(22-23)14-3-5-15(20)6-4-14/h3-8,11H,9-10H2,1-2H3,(H,21,25). The Bertz CT molecular complexity index is 990. The molecule has 0 atom stereocenters. The molecule has 0 bridgehead atoms. The maximum atomic E-state index is 12.2. The van der Waals surface area contributed by atoms with E-state index in [-0.39, 0.29) is 24.6 Å². The van der Waals surface area contributed by atoms with Crippen LogP contribution in [-0.4, -0.2) is 22.2 Å². The molecule has 134 valence electrons. The topological polar surface area (TPSA) is 77.1 Å². The van der Waals surface area contributed by atoms with Crippen molar-refractivity contribution in [2.45, 2.75) is 20.4 Å². The van der Waals surface area contributed by atoms with Gasteiger partial charge in [0.2, 0.25) is 0 Å². The van der Waals surface area contributed by atoms with E-state index in [0.717, 1.165) is 5.56 Å². The van der Waals surface area contributed by atoms with Gasteiger partial charge in [-0.25, -0.2) is 4.68 Å². The van der Waals surface area contributed by atoms with Gasteiger partial charge in [-0.2, -0.15) is 5.10 Å². The van der Waals surface area contributed by atoms with Gasteiger partial charge in [-0.15, -0.1) is 0 Å². The number of nitrogens with zero attached hydrogens (tertiary/aromatic N) is 2. The molecule has 0 saturated heterocycles. The van der Waals surface area contributed by atoms with Crippen LogP contribution in [0.2, 0.25) is 5.02 Å². The van der Waals surface area contributed by atoms with Crippen LogP contribution in [0.4, 0.5) is 0 Å². The number of halogens is 1. The lowest BCUT2D eigenvalue weighted by Gasteiger charge is -2.08. The fourth-order valence-corrected chi connectivity index (χ4v) is 2.74. The van der Waals surface area contributed by atoms with Gasteiger partial charge >= 0.3 is 0 Å². The normalized spacial score (nSPS) is 10.7. The van der Waals surface area contributed by atoms with Gasteiger partial charge in [-0.1, -0.05) is 23.7 Å². The summed E-state index contributed by atoms with van der Waals surface area (Å²) < 4.78 is 6.69. The molecule has 0 radical (unpaired) electrons. The van der Waals surface area contributed by atoms with E-state index in [1.54, 1.807) is 38.1 Å². The summed E-state index contributed by atoms with van der Waals surface area (Å²) in [4.78, 5) is 24.2. The predicted octanol–water partition coefficient (Wildman–Crippen LogP) is 3.20. The second-order valence-electron chi connectivity index (χ2n) is 5.87. The zero-order valence-electron chi connectivity index (χ0n) is 14.5. The first-order valence-electron chi connectivity index (χ1n) is 8.13. The molecule has 0 aliphatic rings. The number of hydrogen-bond donors (Lipinski definition) is 1. The van der Waals surface area contributed by atoms with E-state index < -0.39 is 0 Å². The molecule has 1 aromatic carbocycles. The van der Waals surface area contributed by atoms with E-state index >= 15 is 0 Å². The number of rotatable bonds is 5. The molecule has 6 nitrogen and oxygen atoms in total.